The van der Waals surface area contributed by atoms with E-state index in [-0.39, 0.29) is 23.1 Å². The van der Waals surface area contributed by atoms with Gasteiger partial charge in [-0.15, -0.1) is 0 Å². The third kappa shape index (κ3) is 4.13. The first kappa shape index (κ1) is 21.0. The third-order valence-corrected chi connectivity index (χ3v) is 4.90. The largest absolute Gasteiger partial charge is 0.478 e. The maximum absolute atomic E-state index is 13.4. The number of H-pyrrole nitrogens is 1. The minimum absolute atomic E-state index is 0.0711. The van der Waals surface area contributed by atoms with Gasteiger partial charge < -0.3 is 20.0 Å². The van der Waals surface area contributed by atoms with E-state index in [9.17, 15) is 14.0 Å². The Morgan fingerprint density at radius 2 is 1.75 bits per heavy atom. The monoisotopic (exact) mass is 433 g/mol. The van der Waals surface area contributed by atoms with Crippen LogP contribution < -0.4 is 5.32 Å². The van der Waals surface area contributed by atoms with E-state index in [0.29, 0.717) is 22.9 Å². The van der Waals surface area contributed by atoms with Crippen LogP contribution in [0.4, 0.5) is 10.1 Å². The Balaban J connectivity index is 1.64. The summed E-state index contributed by atoms with van der Waals surface area (Å²) in [5, 5.41) is 11.7. The molecule has 0 aliphatic rings. The molecular formula is C23H20FN5O3. The predicted octanol–water partition coefficient (Wildman–Crippen LogP) is 4.61. The molecule has 4 aromatic rings. The second kappa shape index (κ2) is 8.46. The summed E-state index contributed by atoms with van der Waals surface area (Å²) in [6.45, 7) is 3.99. The number of benzene rings is 2. The van der Waals surface area contributed by atoms with Gasteiger partial charge in [-0.1, -0.05) is 0 Å². The van der Waals surface area contributed by atoms with Gasteiger partial charge in [0.05, 0.1) is 23.8 Å². The molecule has 0 spiro atoms. The molecule has 4 rings (SSSR count). The van der Waals surface area contributed by atoms with Gasteiger partial charge in [-0.3, -0.25) is 4.79 Å². The molecular weight excluding hydrogens is 413 g/mol. The van der Waals surface area contributed by atoms with Crippen molar-refractivity contribution >= 4 is 17.6 Å². The minimum atomic E-state index is -1.04. The molecule has 162 valence electrons. The second-order valence-electron chi connectivity index (χ2n) is 7.43. The number of amides is 1. The Labute approximate surface area is 182 Å². The van der Waals surface area contributed by atoms with E-state index in [2.05, 4.69) is 20.3 Å². The molecule has 0 saturated carbocycles. The molecule has 1 amide bonds. The average Bonchev–Trinajstić information content (AvgIpc) is 3.42. The van der Waals surface area contributed by atoms with Gasteiger partial charge in [0.25, 0.3) is 5.91 Å². The van der Waals surface area contributed by atoms with Gasteiger partial charge in [0.1, 0.15) is 17.2 Å². The summed E-state index contributed by atoms with van der Waals surface area (Å²) in [6, 6.07) is 11.9. The summed E-state index contributed by atoms with van der Waals surface area (Å²) in [4.78, 5) is 35.5. The normalized spacial score (nSPS) is 11.0. The standard InChI is InChI=1S/C23H20FN5O3/c1-13(2)29-12-26-19(14-3-7-16(24)8-4-14)20(29)21-25-11-18(28-21)22(30)27-17-9-5-15(6-10-17)23(31)32/h3-13H,1-2H3,(H,25,28)(H,27,30)(H,31,32). The molecule has 0 aliphatic heterocycles. The first-order valence-corrected chi connectivity index (χ1v) is 9.86. The van der Waals surface area contributed by atoms with Crippen molar-refractivity contribution in [1.29, 1.82) is 0 Å². The number of aromatic carboxylic acids is 1. The molecule has 32 heavy (non-hydrogen) atoms. The van der Waals surface area contributed by atoms with E-state index < -0.39 is 11.9 Å². The molecule has 0 unspecified atom stereocenters. The van der Waals surface area contributed by atoms with Crippen LogP contribution in [0.15, 0.2) is 61.1 Å². The second-order valence-corrected chi connectivity index (χ2v) is 7.43. The number of nitrogens with zero attached hydrogens (tertiary/aromatic N) is 3. The van der Waals surface area contributed by atoms with E-state index >= 15 is 0 Å². The number of carboxylic acid groups (broad SMARTS) is 1. The van der Waals surface area contributed by atoms with Gasteiger partial charge in [-0.25, -0.2) is 19.2 Å². The molecule has 0 radical (unpaired) electrons. The number of hydrogen-bond donors (Lipinski definition) is 3. The number of carbonyl (C=O) groups excluding carboxylic acids is 1. The van der Waals surface area contributed by atoms with Crippen LogP contribution in [0.3, 0.4) is 0 Å². The molecule has 2 aromatic heterocycles. The van der Waals surface area contributed by atoms with Crippen LogP contribution in [0.25, 0.3) is 22.8 Å². The third-order valence-electron chi connectivity index (χ3n) is 4.90. The zero-order valence-corrected chi connectivity index (χ0v) is 17.3. The van der Waals surface area contributed by atoms with Gasteiger partial charge in [0, 0.05) is 17.3 Å². The van der Waals surface area contributed by atoms with Gasteiger partial charge in [0.2, 0.25) is 0 Å². The van der Waals surface area contributed by atoms with Crippen molar-refractivity contribution in [2.75, 3.05) is 5.32 Å². The average molecular weight is 433 g/mol. The summed E-state index contributed by atoms with van der Waals surface area (Å²) in [5.41, 5.74) is 2.82. The van der Waals surface area contributed by atoms with Crippen LogP contribution in [0.1, 0.15) is 40.7 Å². The number of carboxylic acids is 1. The molecule has 0 saturated heterocycles. The predicted molar refractivity (Wildman–Crippen MR) is 117 cm³/mol. The number of halogens is 1. The topological polar surface area (TPSA) is 113 Å². The highest BCUT2D eigenvalue weighted by Gasteiger charge is 2.21. The first-order valence-electron chi connectivity index (χ1n) is 9.86. The van der Waals surface area contributed by atoms with Crippen molar-refractivity contribution in [3.05, 3.63) is 78.1 Å². The maximum atomic E-state index is 13.4. The summed E-state index contributed by atoms with van der Waals surface area (Å²) in [6.07, 6.45) is 3.10. The Kier molecular flexibility index (Phi) is 5.55. The number of imidazole rings is 2. The number of nitrogens with one attached hydrogen (secondary N) is 2. The molecule has 3 N–H and O–H groups in total. The summed E-state index contributed by atoms with van der Waals surface area (Å²) in [7, 11) is 0. The molecule has 9 heteroatoms. The number of aromatic amines is 1. The van der Waals surface area contributed by atoms with Crippen molar-refractivity contribution in [1.82, 2.24) is 19.5 Å². The number of hydrogen-bond acceptors (Lipinski definition) is 4. The zero-order valence-electron chi connectivity index (χ0n) is 17.3. The Hall–Kier alpha value is -4.27. The highest BCUT2D eigenvalue weighted by atomic mass is 19.1. The fourth-order valence-electron chi connectivity index (χ4n) is 3.26. The zero-order chi connectivity index (χ0) is 22.8. The van der Waals surface area contributed by atoms with Crippen molar-refractivity contribution in [3.63, 3.8) is 0 Å². The summed E-state index contributed by atoms with van der Waals surface area (Å²) in [5.74, 6) is -1.36. The van der Waals surface area contributed by atoms with Crippen LogP contribution in [0, 0.1) is 5.82 Å². The molecule has 0 bridgehead atoms. The number of aromatic nitrogens is 4. The summed E-state index contributed by atoms with van der Waals surface area (Å²) < 4.78 is 15.3. The highest BCUT2D eigenvalue weighted by molar-refractivity contribution is 6.03. The van der Waals surface area contributed by atoms with Crippen LogP contribution in [-0.4, -0.2) is 36.5 Å². The molecule has 2 heterocycles. The fourth-order valence-corrected chi connectivity index (χ4v) is 3.26. The molecule has 8 nitrogen and oxygen atoms in total. The lowest BCUT2D eigenvalue weighted by molar-refractivity contribution is 0.0696. The summed E-state index contributed by atoms with van der Waals surface area (Å²) >= 11 is 0. The van der Waals surface area contributed by atoms with Gasteiger partial charge in [0.15, 0.2) is 5.82 Å². The van der Waals surface area contributed by atoms with Crippen LogP contribution >= 0.6 is 0 Å². The molecule has 0 fully saturated rings. The van der Waals surface area contributed by atoms with E-state index in [1.807, 2.05) is 18.4 Å². The lowest BCUT2D eigenvalue weighted by Gasteiger charge is -2.11. The molecule has 0 aliphatic carbocycles. The fraction of sp³-hybridized carbons (Fsp3) is 0.130. The van der Waals surface area contributed by atoms with Crippen molar-refractivity contribution in [3.8, 4) is 22.8 Å². The van der Waals surface area contributed by atoms with E-state index in [4.69, 9.17) is 5.11 Å². The first-order chi connectivity index (χ1) is 15.3. The van der Waals surface area contributed by atoms with Crippen molar-refractivity contribution < 1.29 is 19.1 Å². The molecule has 2 aromatic carbocycles. The molecule has 0 atom stereocenters. The Bertz CT molecular complexity index is 1270. The van der Waals surface area contributed by atoms with Crippen LogP contribution in [0.5, 0.6) is 0 Å². The van der Waals surface area contributed by atoms with Crippen molar-refractivity contribution in [2.45, 2.75) is 19.9 Å². The SMILES string of the molecule is CC(C)n1cnc(-c2ccc(F)cc2)c1-c1ncc(C(=O)Nc2ccc(C(=O)O)cc2)[nH]1. The van der Waals surface area contributed by atoms with E-state index in [1.165, 1.54) is 42.6 Å². The van der Waals surface area contributed by atoms with Crippen LogP contribution in [0.2, 0.25) is 0 Å². The Morgan fingerprint density at radius 3 is 2.38 bits per heavy atom. The lowest BCUT2D eigenvalue weighted by atomic mass is 10.1. The van der Waals surface area contributed by atoms with Crippen molar-refractivity contribution in [2.24, 2.45) is 0 Å². The number of carbonyl (C=O) groups is 2. The van der Waals surface area contributed by atoms with Gasteiger partial charge in [-0.05, 0) is 62.4 Å². The highest BCUT2D eigenvalue weighted by Crippen LogP contribution is 2.31. The van der Waals surface area contributed by atoms with E-state index in [0.717, 1.165) is 5.56 Å². The van der Waals surface area contributed by atoms with Gasteiger partial charge in [-0.2, -0.15) is 0 Å². The quantitative estimate of drug-likeness (QED) is 0.411. The number of anilines is 1. The smallest absolute Gasteiger partial charge is 0.335 e. The lowest BCUT2D eigenvalue weighted by Crippen LogP contribution is -2.12. The number of rotatable bonds is 6. The van der Waals surface area contributed by atoms with Crippen LogP contribution in [-0.2, 0) is 0 Å². The minimum Gasteiger partial charge on any atom is -0.478 e. The van der Waals surface area contributed by atoms with E-state index in [1.54, 1.807) is 18.5 Å². The van der Waals surface area contributed by atoms with Gasteiger partial charge >= 0.3 is 5.97 Å². The Morgan fingerprint density at radius 1 is 1.06 bits per heavy atom. The maximum Gasteiger partial charge on any atom is 0.335 e.